The number of fused-ring (bicyclic) bond motifs is 1. The van der Waals surface area contributed by atoms with Gasteiger partial charge in [0.2, 0.25) is 0 Å². The van der Waals surface area contributed by atoms with Gasteiger partial charge in [0.05, 0.1) is 29.9 Å². The molecule has 0 bridgehead atoms. The fourth-order valence-electron chi connectivity index (χ4n) is 3.65. The van der Waals surface area contributed by atoms with Gasteiger partial charge in [0.25, 0.3) is 0 Å². The van der Waals surface area contributed by atoms with E-state index in [2.05, 4.69) is 5.10 Å². The molecule has 7 nitrogen and oxygen atoms in total. The van der Waals surface area contributed by atoms with Crippen LogP contribution in [0.3, 0.4) is 0 Å². The minimum atomic E-state index is -0.763. The number of hydrogen-bond acceptors (Lipinski definition) is 4. The normalized spacial score (nSPS) is 12.4. The first-order chi connectivity index (χ1) is 13.8. The van der Waals surface area contributed by atoms with Crippen LogP contribution < -0.4 is 10.4 Å². The van der Waals surface area contributed by atoms with Gasteiger partial charge in [-0.05, 0) is 42.8 Å². The molecule has 4 aromatic rings. The van der Waals surface area contributed by atoms with Crippen LogP contribution in [0, 0.1) is 5.82 Å². The summed E-state index contributed by atoms with van der Waals surface area (Å²) in [6, 6.07) is 10.3. The molecule has 0 aliphatic rings. The molecule has 1 atom stereocenters. The van der Waals surface area contributed by atoms with Crippen molar-refractivity contribution in [3.8, 4) is 22.8 Å². The van der Waals surface area contributed by atoms with E-state index in [4.69, 9.17) is 4.74 Å². The molecule has 2 aromatic carbocycles. The SMILES string of the molecule is COc1cc(-c2ccnn2[C@@H](C)c2ccc3c(c2)n(C)c(=O)n3C)cc(F)c1O. The zero-order valence-corrected chi connectivity index (χ0v) is 16.5. The highest BCUT2D eigenvalue weighted by Crippen LogP contribution is 2.35. The predicted molar refractivity (Wildman–Crippen MR) is 108 cm³/mol. The van der Waals surface area contributed by atoms with Crippen LogP contribution in [0.1, 0.15) is 18.5 Å². The molecule has 4 rings (SSSR count). The van der Waals surface area contributed by atoms with Gasteiger partial charge in [-0.25, -0.2) is 9.18 Å². The van der Waals surface area contributed by atoms with Crippen molar-refractivity contribution in [3.05, 3.63) is 64.5 Å². The lowest BCUT2D eigenvalue weighted by Crippen LogP contribution is -2.19. The molecule has 150 valence electrons. The lowest BCUT2D eigenvalue weighted by molar-refractivity contribution is 0.357. The van der Waals surface area contributed by atoms with E-state index in [1.54, 1.807) is 46.2 Å². The highest BCUT2D eigenvalue weighted by atomic mass is 19.1. The number of halogens is 1. The van der Waals surface area contributed by atoms with Crippen LogP contribution in [0.4, 0.5) is 4.39 Å². The number of ether oxygens (including phenoxy) is 1. The van der Waals surface area contributed by atoms with Gasteiger partial charge in [0.15, 0.2) is 17.3 Å². The van der Waals surface area contributed by atoms with Crippen molar-refractivity contribution in [2.24, 2.45) is 14.1 Å². The van der Waals surface area contributed by atoms with Crippen LogP contribution in [0.25, 0.3) is 22.3 Å². The second-order valence-corrected chi connectivity index (χ2v) is 6.99. The summed E-state index contributed by atoms with van der Waals surface area (Å²) in [5.41, 5.74) is 3.75. The van der Waals surface area contributed by atoms with Crippen LogP contribution in [-0.4, -0.2) is 31.1 Å². The van der Waals surface area contributed by atoms with Crippen molar-refractivity contribution in [1.29, 1.82) is 0 Å². The van der Waals surface area contributed by atoms with E-state index >= 15 is 0 Å². The molecule has 1 N–H and O–H groups in total. The number of aromatic hydroxyl groups is 1. The molecule has 0 amide bonds. The summed E-state index contributed by atoms with van der Waals surface area (Å²) in [6.07, 6.45) is 1.64. The largest absolute Gasteiger partial charge is 0.502 e. The Labute approximate surface area is 166 Å². The molecule has 29 heavy (non-hydrogen) atoms. The van der Waals surface area contributed by atoms with Crippen LogP contribution in [0.5, 0.6) is 11.5 Å². The van der Waals surface area contributed by atoms with Crippen LogP contribution in [0.15, 0.2) is 47.4 Å². The van der Waals surface area contributed by atoms with E-state index in [1.807, 2.05) is 25.1 Å². The summed E-state index contributed by atoms with van der Waals surface area (Å²) in [4.78, 5) is 12.2. The number of hydrogen-bond donors (Lipinski definition) is 1. The Morgan fingerprint density at radius 1 is 1.10 bits per heavy atom. The average molecular weight is 396 g/mol. The number of rotatable bonds is 4. The smallest absolute Gasteiger partial charge is 0.328 e. The zero-order valence-electron chi connectivity index (χ0n) is 16.5. The van der Waals surface area contributed by atoms with Gasteiger partial charge in [-0.2, -0.15) is 5.10 Å². The maximum atomic E-state index is 14.1. The Bertz CT molecular complexity index is 1290. The van der Waals surface area contributed by atoms with Gasteiger partial charge in [0.1, 0.15) is 0 Å². The van der Waals surface area contributed by atoms with Crippen LogP contribution in [-0.2, 0) is 14.1 Å². The van der Waals surface area contributed by atoms with Gasteiger partial charge < -0.3 is 9.84 Å². The van der Waals surface area contributed by atoms with Gasteiger partial charge in [-0.3, -0.25) is 13.8 Å². The van der Waals surface area contributed by atoms with Gasteiger partial charge in [-0.1, -0.05) is 6.07 Å². The lowest BCUT2D eigenvalue weighted by Gasteiger charge is -2.17. The van der Waals surface area contributed by atoms with E-state index in [9.17, 15) is 14.3 Å². The van der Waals surface area contributed by atoms with Gasteiger partial charge >= 0.3 is 5.69 Å². The highest BCUT2D eigenvalue weighted by Gasteiger charge is 2.19. The summed E-state index contributed by atoms with van der Waals surface area (Å²) < 4.78 is 24.2. The van der Waals surface area contributed by atoms with Gasteiger partial charge in [0, 0.05) is 25.9 Å². The van der Waals surface area contributed by atoms with Crippen molar-refractivity contribution in [1.82, 2.24) is 18.9 Å². The maximum Gasteiger partial charge on any atom is 0.328 e. The number of phenols is 1. The topological polar surface area (TPSA) is 74.2 Å². The minimum absolute atomic E-state index is 0.0566. The minimum Gasteiger partial charge on any atom is -0.502 e. The third-order valence-electron chi connectivity index (χ3n) is 5.36. The van der Waals surface area contributed by atoms with Crippen molar-refractivity contribution < 1.29 is 14.2 Å². The summed E-state index contributed by atoms with van der Waals surface area (Å²) >= 11 is 0. The molecule has 0 radical (unpaired) electrons. The molecule has 2 aromatic heterocycles. The Morgan fingerprint density at radius 2 is 1.83 bits per heavy atom. The Hall–Kier alpha value is -3.55. The summed E-state index contributed by atoms with van der Waals surface area (Å²) in [6.45, 7) is 1.98. The Balaban J connectivity index is 1.81. The van der Waals surface area contributed by atoms with Crippen molar-refractivity contribution in [2.75, 3.05) is 7.11 Å². The van der Waals surface area contributed by atoms with E-state index in [1.165, 1.54) is 13.2 Å². The zero-order chi connectivity index (χ0) is 20.9. The molecule has 0 spiro atoms. The summed E-state index contributed by atoms with van der Waals surface area (Å²) in [7, 11) is 4.85. The van der Waals surface area contributed by atoms with Crippen LogP contribution in [0.2, 0.25) is 0 Å². The molecule has 0 saturated heterocycles. The molecular weight excluding hydrogens is 375 g/mol. The van der Waals surface area contributed by atoms with E-state index in [-0.39, 0.29) is 17.5 Å². The number of aromatic nitrogens is 4. The Morgan fingerprint density at radius 3 is 2.55 bits per heavy atom. The summed E-state index contributed by atoms with van der Waals surface area (Å²) in [5.74, 6) is -1.23. The fourth-order valence-corrected chi connectivity index (χ4v) is 3.65. The van der Waals surface area contributed by atoms with Crippen LogP contribution >= 0.6 is 0 Å². The molecule has 0 unspecified atom stereocenters. The van der Waals surface area contributed by atoms with E-state index < -0.39 is 11.6 Å². The number of aryl methyl sites for hydroxylation is 2. The molecule has 2 heterocycles. The monoisotopic (exact) mass is 396 g/mol. The average Bonchev–Trinajstić information content (AvgIpc) is 3.29. The van der Waals surface area contributed by atoms with Crippen molar-refractivity contribution >= 4 is 11.0 Å². The third-order valence-corrected chi connectivity index (χ3v) is 5.36. The standard InChI is InChI=1S/C21H21FN4O3/c1-12(13-5-6-17-18(10-13)25(3)21(28)24(17)2)26-16(7-8-23-26)14-9-15(22)20(27)19(11-14)29-4/h5-12,27H,1-4H3/t12-/m0/s1. The first-order valence-electron chi connectivity index (χ1n) is 9.09. The number of nitrogens with zero attached hydrogens (tertiary/aromatic N) is 4. The Kier molecular flexibility index (Phi) is 4.41. The first kappa shape index (κ1) is 18.8. The first-order valence-corrected chi connectivity index (χ1v) is 9.09. The summed E-state index contributed by atoms with van der Waals surface area (Å²) in [5, 5.41) is 14.2. The maximum absolute atomic E-state index is 14.1. The van der Waals surface area contributed by atoms with Gasteiger partial charge in [-0.15, -0.1) is 0 Å². The van der Waals surface area contributed by atoms with Crippen molar-refractivity contribution in [3.63, 3.8) is 0 Å². The molecule has 0 aliphatic heterocycles. The molecule has 8 heteroatoms. The molecule has 0 saturated carbocycles. The fraction of sp³-hybridized carbons (Fsp3) is 0.238. The highest BCUT2D eigenvalue weighted by molar-refractivity contribution is 5.77. The predicted octanol–water partition coefficient (Wildman–Crippen LogP) is 3.20. The second-order valence-electron chi connectivity index (χ2n) is 6.99. The van der Waals surface area contributed by atoms with Crippen molar-refractivity contribution in [2.45, 2.75) is 13.0 Å². The number of benzene rings is 2. The lowest BCUT2D eigenvalue weighted by atomic mass is 10.1. The molecule has 0 aliphatic carbocycles. The van der Waals surface area contributed by atoms with E-state index in [0.717, 1.165) is 16.6 Å². The third kappa shape index (κ3) is 2.88. The quantitative estimate of drug-likeness (QED) is 0.575. The number of phenolic OH excluding ortho intramolecular Hbond substituents is 1. The van der Waals surface area contributed by atoms with E-state index in [0.29, 0.717) is 11.3 Å². The second kappa shape index (κ2) is 6.80. The molecule has 0 fully saturated rings. The number of imidazole rings is 1. The number of methoxy groups -OCH3 is 1. The molecular formula is C21H21FN4O3.